The molecule has 0 aromatic heterocycles. The Balaban J connectivity index is 2.80. The summed E-state index contributed by atoms with van der Waals surface area (Å²) in [6.45, 7) is 13.2. The summed E-state index contributed by atoms with van der Waals surface area (Å²) in [5, 5.41) is 0. The van der Waals surface area contributed by atoms with Crippen LogP contribution in [0.4, 0.5) is 4.79 Å². The zero-order valence-electron chi connectivity index (χ0n) is 16.2. The van der Waals surface area contributed by atoms with Gasteiger partial charge in [0, 0.05) is 25.7 Å². The molecule has 0 aliphatic carbocycles. The Bertz CT molecular complexity index is 432. The molecule has 2 N–H and O–H groups in total. The Morgan fingerprint density at radius 3 is 2.42 bits per heavy atom. The summed E-state index contributed by atoms with van der Waals surface area (Å²) in [6, 6.07) is -0.467. The van der Waals surface area contributed by atoms with Crippen molar-refractivity contribution in [3.05, 3.63) is 0 Å². The summed E-state index contributed by atoms with van der Waals surface area (Å²) in [7, 11) is 0. The molecule has 2 atom stereocenters. The van der Waals surface area contributed by atoms with E-state index in [4.69, 9.17) is 10.5 Å². The second kappa shape index (κ2) is 8.70. The minimum Gasteiger partial charge on any atom is -0.444 e. The third-order valence-corrected chi connectivity index (χ3v) is 4.38. The molecule has 140 valence electrons. The highest BCUT2D eigenvalue weighted by atomic mass is 16.6. The summed E-state index contributed by atoms with van der Waals surface area (Å²) in [4.78, 5) is 28.6. The minimum atomic E-state index is -0.521. The third kappa shape index (κ3) is 5.96. The van der Waals surface area contributed by atoms with Gasteiger partial charge in [0.1, 0.15) is 5.60 Å². The number of likely N-dealkylation sites (N-methyl/N-ethyl adjacent to an activating group) is 1. The number of nitrogens with two attached hydrogens (primary N) is 1. The fourth-order valence-electron chi connectivity index (χ4n) is 2.87. The van der Waals surface area contributed by atoms with Gasteiger partial charge in [0.05, 0.1) is 6.04 Å². The normalized spacial score (nSPS) is 20.0. The highest BCUT2D eigenvalue weighted by Crippen LogP contribution is 2.21. The largest absolute Gasteiger partial charge is 0.444 e. The first-order valence-corrected chi connectivity index (χ1v) is 9.10. The van der Waals surface area contributed by atoms with Gasteiger partial charge in [-0.15, -0.1) is 0 Å². The van der Waals surface area contributed by atoms with Gasteiger partial charge in [0.15, 0.2) is 0 Å². The quantitative estimate of drug-likeness (QED) is 0.834. The lowest BCUT2D eigenvalue weighted by atomic mass is 9.97. The molecule has 1 fully saturated rings. The van der Waals surface area contributed by atoms with Crippen LogP contribution in [0.25, 0.3) is 0 Å². The van der Waals surface area contributed by atoms with Crippen LogP contribution in [0.15, 0.2) is 0 Å². The van der Waals surface area contributed by atoms with E-state index < -0.39 is 11.6 Å². The fraction of sp³-hybridized carbons (Fsp3) is 0.889. The first kappa shape index (κ1) is 20.7. The van der Waals surface area contributed by atoms with E-state index in [1.165, 1.54) is 0 Å². The van der Waals surface area contributed by atoms with Crippen LogP contribution >= 0.6 is 0 Å². The zero-order valence-corrected chi connectivity index (χ0v) is 16.2. The average molecular weight is 341 g/mol. The fourth-order valence-corrected chi connectivity index (χ4v) is 2.87. The van der Waals surface area contributed by atoms with Crippen molar-refractivity contribution >= 4 is 12.0 Å². The van der Waals surface area contributed by atoms with E-state index in [1.54, 1.807) is 4.90 Å². The number of hydrogen-bond acceptors (Lipinski definition) is 4. The van der Waals surface area contributed by atoms with Gasteiger partial charge in [-0.3, -0.25) is 4.79 Å². The topological polar surface area (TPSA) is 75.9 Å². The number of carbonyl (C=O) groups excluding carboxylic acids is 2. The van der Waals surface area contributed by atoms with Crippen LogP contribution in [0.2, 0.25) is 0 Å². The summed E-state index contributed by atoms with van der Waals surface area (Å²) in [5.74, 6) is 0.100. The monoisotopic (exact) mass is 341 g/mol. The van der Waals surface area contributed by atoms with Crippen molar-refractivity contribution in [3.8, 4) is 0 Å². The van der Waals surface area contributed by atoms with Gasteiger partial charge in [0.2, 0.25) is 5.91 Å². The van der Waals surface area contributed by atoms with Crippen LogP contribution in [0.5, 0.6) is 0 Å². The Morgan fingerprint density at radius 1 is 1.29 bits per heavy atom. The highest BCUT2D eigenvalue weighted by Gasteiger charge is 2.33. The van der Waals surface area contributed by atoms with Crippen LogP contribution in [-0.4, -0.2) is 59.1 Å². The molecule has 0 aromatic carbocycles. The summed E-state index contributed by atoms with van der Waals surface area (Å²) < 4.78 is 5.47. The number of rotatable bonds is 5. The lowest BCUT2D eigenvalue weighted by Gasteiger charge is -2.40. The predicted octanol–water partition coefficient (Wildman–Crippen LogP) is 2.61. The molecule has 0 bridgehead atoms. The molecule has 2 amide bonds. The van der Waals surface area contributed by atoms with Crippen LogP contribution in [0.3, 0.4) is 0 Å². The number of amides is 2. The molecule has 0 saturated carbocycles. The lowest BCUT2D eigenvalue weighted by Crippen LogP contribution is -2.56. The van der Waals surface area contributed by atoms with Gasteiger partial charge in [-0.05, 0) is 52.9 Å². The predicted molar refractivity (Wildman–Crippen MR) is 95.6 cm³/mol. The first-order valence-electron chi connectivity index (χ1n) is 9.10. The van der Waals surface area contributed by atoms with E-state index >= 15 is 0 Å². The second-order valence-corrected chi connectivity index (χ2v) is 7.97. The van der Waals surface area contributed by atoms with Gasteiger partial charge < -0.3 is 20.3 Å². The number of hydrogen-bond donors (Lipinski definition) is 1. The molecular weight excluding hydrogens is 306 g/mol. The molecule has 0 aromatic rings. The number of carbonyl (C=O) groups is 2. The standard InChI is InChI=1S/C18H35N3O3/c1-7-20(17(23)24-18(4,5)6)12-14-10-8-9-11-21(14)16(22)15(19)13(2)3/h13-15H,7-12,19H2,1-6H3/t14-,15+/m1/s1. The van der Waals surface area contributed by atoms with E-state index in [-0.39, 0.29) is 24.0 Å². The molecule has 1 heterocycles. The Labute approximate surface area is 146 Å². The lowest BCUT2D eigenvalue weighted by molar-refractivity contribution is -0.137. The maximum Gasteiger partial charge on any atom is 0.410 e. The van der Waals surface area contributed by atoms with E-state index in [0.29, 0.717) is 13.1 Å². The summed E-state index contributed by atoms with van der Waals surface area (Å²) in [6.07, 6.45) is 2.63. The molecule has 6 nitrogen and oxygen atoms in total. The minimum absolute atomic E-state index is 0.00468. The summed E-state index contributed by atoms with van der Waals surface area (Å²) in [5.41, 5.74) is 5.54. The molecular formula is C18H35N3O3. The maximum absolute atomic E-state index is 12.7. The van der Waals surface area contributed by atoms with Crippen LogP contribution in [0, 0.1) is 5.92 Å². The first-order chi connectivity index (χ1) is 11.1. The van der Waals surface area contributed by atoms with Crippen LogP contribution in [0.1, 0.15) is 60.8 Å². The Kier molecular flexibility index (Phi) is 7.52. The van der Waals surface area contributed by atoms with Crippen LogP contribution < -0.4 is 5.73 Å². The van der Waals surface area contributed by atoms with E-state index in [1.807, 2.05) is 46.4 Å². The Hall–Kier alpha value is -1.30. The third-order valence-electron chi connectivity index (χ3n) is 4.38. The van der Waals surface area contributed by atoms with E-state index in [9.17, 15) is 9.59 Å². The molecule has 6 heteroatoms. The van der Waals surface area contributed by atoms with Crippen LogP contribution in [-0.2, 0) is 9.53 Å². The van der Waals surface area contributed by atoms with Gasteiger partial charge >= 0.3 is 6.09 Å². The molecule has 0 radical (unpaired) electrons. The number of nitrogens with zero attached hydrogens (tertiary/aromatic N) is 2. The second-order valence-electron chi connectivity index (χ2n) is 7.97. The number of piperidine rings is 1. The Morgan fingerprint density at radius 2 is 1.92 bits per heavy atom. The van der Waals surface area contributed by atoms with Gasteiger partial charge in [0.25, 0.3) is 0 Å². The molecule has 24 heavy (non-hydrogen) atoms. The number of ether oxygens (including phenoxy) is 1. The van der Waals surface area contributed by atoms with Crippen molar-refractivity contribution < 1.29 is 14.3 Å². The SMILES string of the molecule is CCN(C[C@H]1CCCCN1C(=O)[C@@H](N)C(C)C)C(=O)OC(C)(C)C. The molecule has 0 spiro atoms. The maximum atomic E-state index is 12.7. The van der Waals surface area contributed by atoms with Crippen molar-refractivity contribution in [1.29, 1.82) is 0 Å². The molecule has 1 aliphatic rings. The van der Waals surface area contributed by atoms with Crippen molar-refractivity contribution in [2.75, 3.05) is 19.6 Å². The zero-order chi connectivity index (χ0) is 18.5. The molecule has 1 rings (SSSR count). The van der Waals surface area contributed by atoms with E-state index in [2.05, 4.69) is 0 Å². The van der Waals surface area contributed by atoms with Crippen molar-refractivity contribution in [3.63, 3.8) is 0 Å². The molecule has 1 aliphatic heterocycles. The van der Waals surface area contributed by atoms with Gasteiger partial charge in [-0.2, -0.15) is 0 Å². The van der Waals surface area contributed by atoms with Gasteiger partial charge in [-0.1, -0.05) is 13.8 Å². The molecule has 0 unspecified atom stereocenters. The van der Waals surface area contributed by atoms with Crippen molar-refractivity contribution in [2.45, 2.75) is 78.5 Å². The van der Waals surface area contributed by atoms with Crippen molar-refractivity contribution in [2.24, 2.45) is 11.7 Å². The van der Waals surface area contributed by atoms with E-state index in [0.717, 1.165) is 25.8 Å². The smallest absolute Gasteiger partial charge is 0.410 e. The highest BCUT2D eigenvalue weighted by molar-refractivity contribution is 5.82. The van der Waals surface area contributed by atoms with Gasteiger partial charge in [-0.25, -0.2) is 4.79 Å². The number of likely N-dealkylation sites (tertiary alicyclic amines) is 1. The average Bonchev–Trinajstić information content (AvgIpc) is 2.49. The molecule has 1 saturated heterocycles. The van der Waals surface area contributed by atoms with Crippen molar-refractivity contribution in [1.82, 2.24) is 9.80 Å². The summed E-state index contributed by atoms with van der Waals surface area (Å²) >= 11 is 0.